The van der Waals surface area contributed by atoms with E-state index in [0.717, 1.165) is 10.3 Å². The van der Waals surface area contributed by atoms with Crippen molar-refractivity contribution in [3.8, 4) is 0 Å². The predicted molar refractivity (Wildman–Crippen MR) is 105 cm³/mol. The highest BCUT2D eigenvalue weighted by Gasteiger charge is 2.13. The summed E-state index contributed by atoms with van der Waals surface area (Å²) in [5.74, 6) is 0.209. The fraction of sp³-hybridized carbons (Fsp3) is 0.167. The SMILES string of the molecule is C=CCn1c(SCCn2c(=O)oc3ccccc32)nc2sccc2c1=O. The molecule has 0 atom stereocenters. The van der Waals surface area contributed by atoms with E-state index in [1.54, 1.807) is 27.3 Å². The van der Waals surface area contributed by atoms with Crippen molar-refractivity contribution in [1.82, 2.24) is 14.1 Å². The van der Waals surface area contributed by atoms with E-state index in [1.807, 2.05) is 23.6 Å². The van der Waals surface area contributed by atoms with Crippen molar-refractivity contribution in [3.63, 3.8) is 0 Å². The maximum Gasteiger partial charge on any atom is 0.419 e. The van der Waals surface area contributed by atoms with Gasteiger partial charge < -0.3 is 4.42 Å². The van der Waals surface area contributed by atoms with Crippen LogP contribution in [0.2, 0.25) is 0 Å². The van der Waals surface area contributed by atoms with Crippen LogP contribution in [0.15, 0.2) is 67.5 Å². The largest absolute Gasteiger partial charge is 0.419 e. The summed E-state index contributed by atoms with van der Waals surface area (Å²) in [6.45, 7) is 4.58. The third-order valence-electron chi connectivity index (χ3n) is 3.98. The Morgan fingerprint density at radius 3 is 2.92 bits per heavy atom. The van der Waals surface area contributed by atoms with Gasteiger partial charge in [0.25, 0.3) is 5.56 Å². The lowest BCUT2D eigenvalue weighted by Gasteiger charge is -2.10. The summed E-state index contributed by atoms with van der Waals surface area (Å²) in [6, 6.07) is 9.12. The van der Waals surface area contributed by atoms with Gasteiger partial charge in [-0.25, -0.2) is 9.78 Å². The standard InChI is InChI=1S/C18H15N3O3S2/c1-2-8-21-16(22)12-7-10-25-15(12)19-17(21)26-11-9-20-13-5-3-4-6-14(13)24-18(20)23/h2-7,10H,1,8-9,11H2. The molecule has 0 aliphatic rings. The molecule has 4 rings (SSSR count). The first kappa shape index (κ1) is 16.9. The van der Waals surface area contributed by atoms with Gasteiger partial charge in [0.15, 0.2) is 10.7 Å². The first-order valence-electron chi connectivity index (χ1n) is 7.99. The molecule has 0 aliphatic carbocycles. The maximum absolute atomic E-state index is 12.6. The Bertz CT molecular complexity index is 1220. The molecule has 0 spiro atoms. The van der Waals surface area contributed by atoms with Gasteiger partial charge in [-0.15, -0.1) is 17.9 Å². The number of para-hydroxylation sites is 2. The Morgan fingerprint density at radius 2 is 2.08 bits per heavy atom. The summed E-state index contributed by atoms with van der Waals surface area (Å²) < 4.78 is 8.46. The lowest BCUT2D eigenvalue weighted by Crippen LogP contribution is -2.22. The molecule has 3 aromatic heterocycles. The lowest BCUT2D eigenvalue weighted by atomic mass is 10.3. The number of thiophene rings is 1. The molecule has 0 saturated heterocycles. The number of benzene rings is 1. The average molecular weight is 385 g/mol. The highest BCUT2D eigenvalue weighted by Crippen LogP contribution is 2.22. The van der Waals surface area contributed by atoms with E-state index in [-0.39, 0.29) is 11.3 Å². The first-order valence-corrected chi connectivity index (χ1v) is 9.85. The number of oxazole rings is 1. The zero-order valence-corrected chi connectivity index (χ0v) is 15.4. The number of fused-ring (bicyclic) bond motifs is 2. The topological polar surface area (TPSA) is 70.0 Å². The summed E-state index contributed by atoms with van der Waals surface area (Å²) in [6.07, 6.45) is 1.68. The van der Waals surface area contributed by atoms with Crippen LogP contribution in [0.5, 0.6) is 0 Å². The van der Waals surface area contributed by atoms with E-state index in [9.17, 15) is 9.59 Å². The molecule has 0 N–H and O–H groups in total. The smallest absolute Gasteiger partial charge is 0.408 e. The van der Waals surface area contributed by atoms with Gasteiger partial charge in [0, 0.05) is 18.8 Å². The van der Waals surface area contributed by atoms with E-state index < -0.39 is 0 Å². The molecule has 0 amide bonds. The van der Waals surface area contributed by atoms with Crippen LogP contribution in [0.25, 0.3) is 21.3 Å². The molecule has 4 aromatic rings. The number of aryl methyl sites for hydroxylation is 1. The number of allylic oxidation sites excluding steroid dienone is 1. The minimum atomic E-state index is -0.378. The second kappa shape index (κ2) is 6.97. The van der Waals surface area contributed by atoms with Gasteiger partial charge in [0.2, 0.25) is 0 Å². The van der Waals surface area contributed by atoms with Gasteiger partial charge in [-0.1, -0.05) is 30.0 Å². The number of aromatic nitrogens is 3. The summed E-state index contributed by atoms with van der Waals surface area (Å²) in [5, 5.41) is 3.12. The van der Waals surface area contributed by atoms with Crippen LogP contribution in [-0.4, -0.2) is 19.9 Å². The van der Waals surface area contributed by atoms with Gasteiger partial charge in [-0.3, -0.25) is 13.9 Å². The first-order chi connectivity index (χ1) is 12.7. The van der Waals surface area contributed by atoms with Crippen LogP contribution in [0, 0.1) is 0 Å². The van der Waals surface area contributed by atoms with Crippen molar-refractivity contribution in [3.05, 3.63) is 69.3 Å². The number of thioether (sulfide) groups is 1. The Hall–Kier alpha value is -2.58. The molecular formula is C18H15N3O3S2. The molecule has 0 unspecified atom stereocenters. The molecule has 0 aliphatic heterocycles. The van der Waals surface area contributed by atoms with Crippen molar-refractivity contribution >= 4 is 44.4 Å². The maximum atomic E-state index is 12.6. The minimum absolute atomic E-state index is 0.0652. The zero-order valence-electron chi connectivity index (χ0n) is 13.8. The van der Waals surface area contributed by atoms with Crippen LogP contribution in [0.4, 0.5) is 0 Å². The number of hydrogen-bond donors (Lipinski definition) is 0. The van der Waals surface area contributed by atoms with E-state index in [0.29, 0.717) is 35.0 Å². The van der Waals surface area contributed by atoms with Crippen LogP contribution >= 0.6 is 23.1 Å². The molecule has 1 aromatic carbocycles. The second-order valence-electron chi connectivity index (χ2n) is 5.57. The van der Waals surface area contributed by atoms with E-state index in [1.165, 1.54) is 23.1 Å². The molecule has 132 valence electrons. The predicted octanol–water partition coefficient (Wildman–Crippen LogP) is 3.34. The number of rotatable bonds is 6. The molecule has 0 bridgehead atoms. The van der Waals surface area contributed by atoms with E-state index in [2.05, 4.69) is 11.6 Å². The summed E-state index contributed by atoms with van der Waals surface area (Å²) in [5.41, 5.74) is 1.28. The third-order valence-corrected chi connectivity index (χ3v) is 5.74. The van der Waals surface area contributed by atoms with Crippen molar-refractivity contribution in [2.75, 3.05) is 5.75 Å². The summed E-state index contributed by atoms with van der Waals surface area (Å²) in [7, 11) is 0. The number of nitrogens with zero attached hydrogens (tertiary/aromatic N) is 3. The van der Waals surface area contributed by atoms with Crippen LogP contribution in [-0.2, 0) is 13.1 Å². The summed E-state index contributed by atoms with van der Waals surface area (Å²) in [4.78, 5) is 30.0. The molecule has 0 fully saturated rings. The molecule has 0 radical (unpaired) electrons. The van der Waals surface area contributed by atoms with Crippen LogP contribution < -0.4 is 11.3 Å². The Morgan fingerprint density at radius 1 is 1.23 bits per heavy atom. The Balaban J connectivity index is 1.62. The Labute approximate surface area is 156 Å². The van der Waals surface area contributed by atoms with Gasteiger partial charge >= 0.3 is 5.76 Å². The molecule has 3 heterocycles. The monoisotopic (exact) mass is 385 g/mol. The fourth-order valence-corrected chi connectivity index (χ4v) is 4.52. The molecule has 0 saturated carbocycles. The molecular weight excluding hydrogens is 370 g/mol. The fourth-order valence-electron chi connectivity index (χ4n) is 2.78. The molecule has 26 heavy (non-hydrogen) atoms. The van der Waals surface area contributed by atoms with Crippen molar-refractivity contribution in [2.24, 2.45) is 0 Å². The lowest BCUT2D eigenvalue weighted by molar-refractivity contribution is 0.514. The van der Waals surface area contributed by atoms with Crippen molar-refractivity contribution in [2.45, 2.75) is 18.2 Å². The third kappa shape index (κ3) is 2.91. The summed E-state index contributed by atoms with van der Waals surface area (Å²) >= 11 is 2.89. The second-order valence-corrected chi connectivity index (χ2v) is 7.53. The van der Waals surface area contributed by atoms with E-state index >= 15 is 0 Å². The molecule has 8 heteroatoms. The van der Waals surface area contributed by atoms with E-state index in [4.69, 9.17) is 4.42 Å². The molecule has 6 nitrogen and oxygen atoms in total. The number of hydrogen-bond acceptors (Lipinski definition) is 6. The van der Waals surface area contributed by atoms with Gasteiger partial charge in [-0.05, 0) is 23.6 Å². The van der Waals surface area contributed by atoms with Gasteiger partial charge in [0.05, 0.1) is 10.9 Å². The zero-order chi connectivity index (χ0) is 18.1. The Kier molecular flexibility index (Phi) is 4.52. The minimum Gasteiger partial charge on any atom is -0.408 e. The van der Waals surface area contributed by atoms with Gasteiger partial charge in [-0.2, -0.15) is 0 Å². The average Bonchev–Trinajstić information content (AvgIpc) is 3.23. The van der Waals surface area contributed by atoms with Crippen LogP contribution in [0.1, 0.15) is 0 Å². The highest BCUT2D eigenvalue weighted by molar-refractivity contribution is 7.99. The quantitative estimate of drug-likeness (QED) is 0.289. The van der Waals surface area contributed by atoms with Gasteiger partial charge in [0.1, 0.15) is 4.83 Å². The highest BCUT2D eigenvalue weighted by atomic mass is 32.2. The normalized spacial score (nSPS) is 11.4. The van der Waals surface area contributed by atoms with Crippen molar-refractivity contribution in [1.29, 1.82) is 0 Å². The van der Waals surface area contributed by atoms with Crippen LogP contribution in [0.3, 0.4) is 0 Å². The van der Waals surface area contributed by atoms with Crippen molar-refractivity contribution < 1.29 is 4.42 Å².